The SMILES string of the molecule is CCCC(C)(C)C([N-]CCN[N-]C)NC.[K+].[K+]. The average Bonchev–Trinajstić information content (AvgIpc) is 2.17. The molecule has 6 heteroatoms. The molecule has 0 saturated carbocycles. The Kier molecular flexibility index (Phi) is 22.9. The van der Waals surface area contributed by atoms with Crippen molar-refractivity contribution in [3.8, 4) is 0 Å². The summed E-state index contributed by atoms with van der Waals surface area (Å²) >= 11 is 0. The maximum atomic E-state index is 4.64. The van der Waals surface area contributed by atoms with Gasteiger partial charge in [-0.25, -0.2) is 0 Å². The van der Waals surface area contributed by atoms with Crippen LogP contribution in [0.4, 0.5) is 0 Å². The molecule has 1 atom stereocenters. The van der Waals surface area contributed by atoms with Crippen LogP contribution in [0.15, 0.2) is 0 Å². The zero-order valence-electron chi connectivity index (χ0n) is 12.8. The van der Waals surface area contributed by atoms with Crippen LogP contribution in [0, 0.1) is 5.41 Å². The second-order valence-corrected chi connectivity index (χ2v) is 4.47. The Labute approximate surface area is 192 Å². The molecule has 0 rings (SSSR count). The summed E-state index contributed by atoms with van der Waals surface area (Å²) in [5.41, 5.74) is 6.97. The van der Waals surface area contributed by atoms with E-state index in [0.717, 1.165) is 13.1 Å². The number of hydrogen-bond acceptors (Lipinski definition) is 2. The summed E-state index contributed by atoms with van der Waals surface area (Å²) < 4.78 is 0. The van der Waals surface area contributed by atoms with Crippen LogP contribution in [0.5, 0.6) is 0 Å². The molecule has 0 bridgehead atoms. The minimum atomic E-state index is 0. The van der Waals surface area contributed by atoms with Gasteiger partial charge in [0.25, 0.3) is 0 Å². The number of nitrogens with zero attached hydrogens (tertiary/aromatic N) is 2. The van der Waals surface area contributed by atoms with Crippen LogP contribution < -0.4 is 114 Å². The van der Waals surface area contributed by atoms with Gasteiger partial charge in [-0.1, -0.05) is 33.4 Å². The Balaban J connectivity index is -0.000000980. The van der Waals surface area contributed by atoms with Gasteiger partial charge < -0.3 is 21.5 Å². The van der Waals surface area contributed by atoms with Crippen molar-refractivity contribution < 1.29 is 103 Å². The summed E-state index contributed by atoms with van der Waals surface area (Å²) in [6, 6.07) is 0. The van der Waals surface area contributed by atoms with E-state index < -0.39 is 0 Å². The molecule has 0 saturated heterocycles. The van der Waals surface area contributed by atoms with E-state index >= 15 is 0 Å². The van der Waals surface area contributed by atoms with Crippen molar-refractivity contribution in [3.63, 3.8) is 0 Å². The summed E-state index contributed by atoms with van der Waals surface area (Å²) in [6.07, 6.45) is 2.62. The summed E-state index contributed by atoms with van der Waals surface area (Å²) in [6.45, 7) is 8.36. The second kappa shape index (κ2) is 15.5. The van der Waals surface area contributed by atoms with Gasteiger partial charge in [0.05, 0.1) is 0 Å². The third-order valence-electron chi connectivity index (χ3n) is 2.60. The fourth-order valence-electron chi connectivity index (χ4n) is 1.87. The molecule has 0 amide bonds. The largest absolute Gasteiger partial charge is 1.00 e. The smallest absolute Gasteiger partial charge is 0.646 e. The van der Waals surface area contributed by atoms with Crippen molar-refractivity contribution in [2.75, 3.05) is 27.2 Å². The zero-order valence-corrected chi connectivity index (χ0v) is 19.0. The summed E-state index contributed by atoms with van der Waals surface area (Å²) in [5.74, 6) is 0. The quantitative estimate of drug-likeness (QED) is 0.261. The van der Waals surface area contributed by atoms with E-state index in [9.17, 15) is 0 Å². The first-order valence-corrected chi connectivity index (χ1v) is 5.74. The molecular weight excluding hydrogens is 266 g/mol. The summed E-state index contributed by atoms with van der Waals surface area (Å²) in [5, 5.41) is 7.92. The molecule has 2 N–H and O–H groups in total. The van der Waals surface area contributed by atoms with Gasteiger partial charge in [-0.2, -0.15) is 7.05 Å². The molecule has 0 aromatic heterocycles. The molecule has 4 nitrogen and oxygen atoms in total. The molecule has 17 heavy (non-hydrogen) atoms. The van der Waals surface area contributed by atoms with Crippen molar-refractivity contribution in [2.24, 2.45) is 5.41 Å². The molecule has 0 spiro atoms. The molecule has 0 aromatic rings. The van der Waals surface area contributed by atoms with Gasteiger partial charge in [0.1, 0.15) is 0 Å². The first kappa shape index (κ1) is 25.1. The Hall–Kier alpha value is 3.11. The van der Waals surface area contributed by atoms with Crippen molar-refractivity contribution in [1.29, 1.82) is 0 Å². The van der Waals surface area contributed by atoms with Crippen molar-refractivity contribution >= 4 is 0 Å². The van der Waals surface area contributed by atoms with Crippen LogP contribution in [-0.4, -0.2) is 33.4 Å². The van der Waals surface area contributed by atoms with Gasteiger partial charge in [0, 0.05) is 0 Å². The third-order valence-corrected chi connectivity index (χ3v) is 2.60. The molecule has 0 aromatic carbocycles. The van der Waals surface area contributed by atoms with Crippen LogP contribution in [0.1, 0.15) is 33.6 Å². The van der Waals surface area contributed by atoms with Crippen LogP contribution >= 0.6 is 0 Å². The summed E-state index contributed by atoms with van der Waals surface area (Å²) in [4.78, 5) is 0. The standard InChI is InChI=1S/C11H26N4.2K/c1-6-7-11(2,3)10(12-4)14-8-9-15-13-5;;/h10,12,15H,6-9H2,1-5H3;;/q-2;2*+1. The van der Waals surface area contributed by atoms with Crippen LogP contribution in [-0.2, 0) is 0 Å². The van der Waals surface area contributed by atoms with E-state index in [-0.39, 0.29) is 114 Å². The molecule has 92 valence electrons. The van der Waals surface area contributed by atoms with E-state index in [2.05, 4.69) is 42.3 Å². The molecule has 0 aliphatic rings. The van der Waals surface area contributed by atoms with E-state index in [1.54, 1.807) is 7.05 Å². The van der Waals surface area contributed by atoms with Gasteiger partial charge in [-0.05, 0) is 25.4 Å². The van der Waals surface area contributed by atoms with Crippen LogP contribution in [0.2, 0.25) is 0 Å². The van der Waals surface area contributed by atoms with Gasteiger partial charge in [-0.15, -0.1) is 6.54 Å². The monoisotopic (exact) mass is 292 g/mol. The van der Waals surface area contributed by atoms with Crippen molar-refractivity contribution in [2.45, 2.75) is 39.8 Å². The van der Waals surface area contributed by atoms with Crippen LogP contribution in [0.25, 0.3) is 10.7 Å². The van der Waals surface area contributed by atoms with E-state index in [4.69, 9.17) is 0 Å². The average molecular weight is 293 g/mol. The van der Waals surface area contributed by atoms with Crippen LogP contribution in [0.3, 0.4) is 0 Å². The number of rotatable bonds is 9. The maximum absolute atomic E-state index is 4.64. The minimum absolute atomic E-state index is 0. The van der Waals surface area contributed by atoms with E-state index in [1.807, 2.05) is 7.05 Å². The Bertz CT molecular complexity index is 156. The second-order valence-electron chi connectivity index (χ2n) is 4.47. The summed E-state index contributed by atoms with van der Waals surface area (Å²) in [7, 11) is 3.72. The van der Waals surface area contributed by atoms with Gasteiger partial charge in [-0.3, -0.25) is 0 Å². The Morgan fingerprint density at radius 1 is 1.24 bits per heavy atom. The Morgan fingerprint density at radius 2 is 1.82 bits per heavy atom. The zero-order chi connectivity index (χ0) is 11.7. The number of nitrogens with one attached hydrogen (secondary N) is 2. The van der Waals surface area contributed by atoms with E-state index in [0.29, 0.717) is 0 Å². The van der Waals surface area contributed by atoms with Gasteiger partial charge in [0.15, 0.2) is 0 Å². The molecule has 0 aliphatic carbocycles. The van der Waals surface area contributed by atoms with E-state index in [1.165, 1.54) is 12.8 Å². The molecule has 0 fully saturated rings. The third kappa shape index (κ3) is 12.6. The topological polar surface area (TPSA) is 52.3 Å². The molecular formula is C11H26K2N4. The van der Waals surface area contributed by atoms with Crippen molar-refractivity contribution in [1.82, 2.24) is 10.7 Å². The molecule has 0 radical (unpaired) electrons. The Morgan fingerprint density at radius 3 is 2.24 bits per heavy atom. The molecule has 0 aliphatic heterocycles. The van der Waals surface area contributed by atoms with Crippen molar-refractivity contribution in [3.05, 3.63) is 10.7 Å². The molecule has 1 unspecified atom stereocenters. The first-order chi connectivity index (χ1) is 7.08. The normalized spacial score (nSPS) is 12.5. The fraction of sp³-hybridized carbons (Fsp3) is 1.00. The maximum Gasteiger partial charge on any atom is 1.00 e. The van der Waals surface area contributed by atoms with Gasteiger partial charge >= 0.3 is 103 Å². The number of hydrogen-bond donors (Lipinski definition) is 2. The predicted octanol–water partition coefficient (Wildman–Crippen LogP) is -3.75. The fourth-order valence-corrected chi connectivity index (χ4v) is 1.87. The molecule has 0 heterocycles. The predicted molar refractivity (Wildman–Crippen MR) is 67.0 cm³/mol. The minimum Gasteiger partial charge on any atom is -0.646 e. The van der Waals surface area contributed by atoms with Gasteiger partial charge in [0.2, 0.25) is 0 Å². The first-order valence-electron chi connectivity index (χ1n) is 5.74.